The van der Waals surface area contributed by atoms with E-state index in [4.69, 9.17) is 5.73 Å². The van der Waals surface area contributed by atoms with Crippen LogP contribution < -0.4 is 11.1 Å². The predicted molar refractivity (Wildman–Crippen MR) is 76.8 cm³/mol. The summed E-state index contributed by atoms with van der Waals surface area (Å²) in [5, 5.41) is 2.79. The van der Waals surface area contributed by atoms with Crippen molar-refractivity contribution < 1.29 is 4.79 Å². The molecule has 0 bridgehead atoms. The molecule has 0 radical (unpaired) electrons. The third-order valence-electron chi connectivity index (χ3n) is 2.87. The monoisotopic (exact) mass is 255 g/mol. The predicted octanol–water partition coefficient (Wildman–Crippen LogP) is 2.41. The minimum atomic E-state index is -0.0594. The molecule has 0 spiro atoms. The lowest BCUT2D eigenvalue weighted by atomic mass is 10.1. The van der Waals surface area contributed by atoms with Crippen LogP contribution in [0.1, 0.15) is 18.1 Å². The zero-order valence-corrected chi connectivity index (χ0v) is 10.9. The number of aryl methyl sites for hydroxylation is 1. The molecule has 1 heterocycles. The molecule has 1 aromatic carbocycles. The normalized spacial score (nSPS) is 10.2. The first-order chi connectivity index (χ1) is 9.17. The van der Waals surface area contributed by atoms with Crippen molar-refractivity contribution in [3.8, 4) is 0 Å². The zero-order valence-electron chi connectivity index (χ0n) is 10.9. The van der Waals surface area contributed by atoms with E-state index in [0.717, 1.165) is 12.0 Å². The Hall–Kier alpha value is -2.36. The fraction of sp³-hybridized carbons (Fsp3) is 0.200. The smallest absolute Gasteiger partial charge is 0.228 e. The van der Waals surface area contributed by atoms with Gasteiger partial charge < -0.3 is 11.1 Å². The molecule has 0 atom stereocenters. The fourth-order valence-corrected chi connectivity index (χ4v) is 1.76. The lowest BCUT2D eigenvalue weighted by Gasteiger charge is -2.05. The molecular formula is C15H17N3O. The van der Waals surface area contributed by atoms with Crippen LogP contribution in [0, 0.1) is 0 Å². The van der Waals surface area contributed by atoms with Crippen LogP contribution in [0.4, 0.5) is 11.5 Å². The number of nitrogens with one attached hydrogen (secondary N) is 1. The number of hydrogen-bond acceptors (Lipinski definition) is 3. The van der Waals surface area contributed by atoms with E-state index in [9.17, 15) is 4.79 Å². The van der Waals surface area contributed by atoms with Crippen molar-refractivity contribution in [2.45, 2.75) is 19.8 Å². The number of nitrogens with zero attached hydrogens (tertiary/aromatic N) is 1. The van der Waals surface area contributed by atoms with Gasteiger partial charge in [0.15, 0.2) is 0 Å². The molecule has 1 aromatic heterocycles. The molecule has 4 nitrogen and oxygen atoms in total. The summed E-state index contributed by atoms with van der Waals surface area (Å²) in [6, 6.07) is 11.5. The first kappa shape index (κ1) is 13.1. The Labute approximate surface area is 112 Å². The molecule has 0 aliphatic carbocycles. The molecule has 2 rings (SSSR count). The number of nitrogen functional groups attached to an aromatic ring is 1. The summed E-state index contributed by atoms with van der Waals surface area (Å²) < 4.78 is 0. The molecule has 2 aromatic rings. The number of hydrogen-bond donors (Lipinski definition) is 2. The molecule has 0 saturated carbocycles. The van der Waals surface area contributed by atoms with Crippen LogP contribution in [0.5, 0.6) is 0 Å². The summed E-state index contributed by atoms with van der Waals surface area (Å²) in [4.78, 5) is 15.8. The van der Waals surface area contributed by atoms with Crippen LogP contribution in [0.2, 0.25) is 0 Å². The van der Waals surface area contributed by atoms with Crippen LogP contribution in [-0.4, -0.2) is 10.9 Å². The number of pyridine rings is 1. The van der Waals surface area contributed by atoms with Crippen LogP contribution in [-0.2, 0) is 17.6 Å². The highest BCUT2D eigenvalue weighted by Crippen LogP contribution is 2.09. The van der Waals surface area contributed by atoms with Gasteiger partial charge >= 0.3 is 0 Å². The lowest BCUT2D eigenvalue weighted by molar-refractivity contribution is -0.115. The van der Waals surface area contributed by atoms with Crippen molar-refractivity contribution in [2.24, 2.45) is 0 Å². The van der Waals surface area contributed by atoms with Crippen LogP contribution in [0.25, 0.3) is 0 Å². The summed E-state index contributed by atoms with van der Waals surface area (Å²) in [6.07, 6.45) is 2.91. The summed E-state index contributed by atoms with van der Waals surface area (Å²) in [5.74, 6) is 0.379. The number of aromatic nitrogens is 1. The minimum absolute atomic E-state index is 0.0594. The summed E-state index contributed by atoms with van der Waals surface area (Å²) in [6.45, 7) is 2.11. The van der Waals surface area contributed by atoms with Crippen molar-refractivity contribution in [1.82, 2.24) is 4.98 Å². The van der Waals surface area contributed by atoms with Gasteiger partial charge in [0, 0.05) is 0 Å². The van der Waals surface area contributed by atoms with Crippen molar-refractivity contribution in [3.63, 3.8) is 0 Å². The maximum atomic E-state index is 11.9. The Morgan fingerprint density at radius 2 is 1.84 bits per heavy atom. The molecule has 98 valence electrons. The highest BCUT2D eigenvalue weighted by Gasteiger charge is 2.04. The third-order valence-corrected chi connectivity index (χ3v) is 2.87. The van der Waals surface area contributed by atoms with Gasteiger partial charge in [-0.25, -0.2) is 4.98 Å². The van der Waals surface area contributed by atoms with E-state index >= 15 is 0 Å². The lowest BCUT2D eigenvalue weighted by Crippen LogP contribution is -2.14. The highest BCUT2D eigenvalue weighted by atomic mass is 16.1. The van der Waals surface area contributed by atoms with Gasteiger partial charge in [-0.15, -0.1) is 0 Å². The van der Waals surface area contributed by atoms with E-state index in [1.54, 1.807) is 18.3 Å². The summed E-state index contributed by atoms with van der Waals surface area (Å²) >= 11 is 0. The van der Waals surface area contributed by atoms with Crippen molar-refractivity contribution in [2.75, 3.05) is 11.1 Å². The molecule has 0 aliphatic heterocycles. The SMILES string of the molecule is CCc1ccc(CC(=O)Nc2ccc(N)nc2)cc1. The molecule has 19 heavy (non-hydrogen) atoms. The van der Waals surface area contributed by atoms with Crippen LogP contribution in [0.3, 0.4) is 0 Å². The number of anilines is 2. The first-order valence-electron chi connectivity index (χ1n) is 6.26. The van der Waals surface area contributed by atoms with Crippen molar-refractivity contribution in [3.05, 3.63) is 53.7 Å². The Kier molecular flexibility index (Phi) is 4.13. The zero-order chi connectivity index (χ0) is 13.7. The highest BCUT2D eigenvalue weighted by molar-refractivity contribution is 5.92. The average molecular weight is 255 g/mol. The number of nitrogens with two attached hydrogens (primary N) is 1. The van der Waals surface area contributed by atoms with Gasteiger partial charge in [0.05, 0.1) is 18.3 Å². The van der Waals surface area contributed by atoms with E-state index in [2.05, 4.69) is 17.2 Å². The Morgan fingerprint density at radius 3 is 2.42 bits per heavy atom. The summed E-state index contributed by atoms with van der Waals surface area (Å²) in [7, 11) is 0. The standard InChI is InChI=1S/C15H17N3O/c1-2-11-3-5-12(6-4-11)9-15(19)18-13-7-8-14(16)17-10-13/h3-8,10H,2,9H2,1H3,(H2,16,17)(H,18,19). The molecule has 0 unspecified atom stereocenters. The Morgan fingerprint density at radius 1 is 1.16 bits per heavy atom. The molecule has 0 aliphatic rings. The van der Waals surface area contributed by atoms with Gasteiger partial charge in [-0.05, 0) is 29.7 Å². The second-order valence-electron chi connectivity index (χ2n) is 4.37. The number of rotatable bonds is 4. The number of carbonyl (C=O) groups excluding carboxylic acids is 1. The number of carbonyl (C=O) groups is 1. The Bertz CT molecular complexity index is 547. The van der Waals surface area contributed by atoms with Gasteiger partial charge in [0.25, 0.3) is 0 Å². The van der Waals surface area contributed by atoms with Gasteiger partial charge in [-0.2, -0.15) is 0 Å². The van der Waals surface area contributed by atoms with Gasteiger partial charge in [0.1, 0.15) is 5.82 Å². The third kappa shape index (κ3) is 3.81. The van der Waals surface area contributed by atoms with E-state index in [0.29, 0.717) is 17.9 Å². The summed E-state index contributed by atoms with van der Waals surface area (Å²) in [5.41, 5.74) is 8.41. The number of amides is 1. The second-order valence-corrected chi connectivity index (χ2v) is 4.37. The largest absolute Gasteiger partial charge is 0.384 e. The first-order valence-corrected chi connectivity index (χ1v) is 6.26. The van der Waals surface area contributed by atoms with E-state index < -0.39 is 0 Å². The molecule has 0 fully saturated rings. The van der Waals surface area contributed by atoms with Crippen molar-refractivity contribution in [1.29, 1.82) is 0 Å². The van der Waals surface area contributed by atoms with E-state index in [1.807, 2.05) is 24.3 Å². The second kappa shape index (κ2) is 6.00. The maximum absolute atomic E-state index is 11.9. The molecule has 0 saturated heterocycles. The van der Waals surface area contributed by atoms with E-state index in [1.165, 1.54) is 5.56 Å². The van der Waals surface area contributed by atoms with Crippen LogP contribution in [0.15, 0.2) is 42.6 Å². The minimum Gasteiger partial charge on any atom is -0.384 e. The quantitative estimate of drug-likeness (QED) is 0.881. The topological polar surface area (TPSA) is 68.0 Å². The van der Waals surface area contributed by atoms with Crippen LogP contribution >= 0.6 is 0 Å². The molecule has 4 heteroatoms. The Balaban J connectivity index is 1.95. The molecule has 1 amide bonds. The van der Waals surface area contributed by atoms with Gasteiger partial charge in [0.2, 0.25) is 5.91 Å². The maximum Gasteiger partial charge on any atom is 0.228 e. The molecular weight excluding hydrogens is 238 g/mol. The van der Waals surface area contributed by atoms with Gasteiger partial charge in [-0.3, -0.25) is 4.79 Å². The van der Waals surface area contributed by atoms with Crippen molar-refractivity contribution >= 4 is 17.4 Å². The number of benzene rings is 1. The average Bonchev–Trinajstić information content (AvgIpc) is 2.42. The van der Waals surface area contributed by atoms with Gasteiger partial charge in [-0.1, -0.05) is 31.2 Å². The fourth-order valence-electron chi connectivity index (χ4n) is 1.76. The molecule has 3 N–H and O–H groups in total. The van der Waals surface area contributed by atoms with E-state index in [-0.39, 0.29) is 5.91 Å².